The van der Waals surface area contributed by atoms with Gasteiger partial charge in [-0.25, -0.2) is 0 Å². The van der Waals surface area contributed by atoms with Gasteiger partial charge in [-0.05, 0) is 18.9 Å². The molecule has 0 spiro atoms. The molecule has 5 N–H and O–H groups in total. The van der Waals surface area contributed by atoms with Crippen LogP contribution in [0, 0.1) is 0 Å². The number of benzene rings is 1. The van der Waals surface area contributed by atoms with E-state index in [1.165, 1.54) is 6.92 Å². The molecule has 1 unspecified atom stereocenters. The Morgan fingerprint density at radius 2 is 1.88 bits per heavy atom. The standard InChI is InChI=1S/C12H17N3O2/c1-8(11(14)16)15-12(17)10(13)7-9-5-3-2-4-6-9/h2-6,8,10H,7,13H2,1H3,(H2,14,16)(H,15,17)/t8-,10?/m0/s1. The zero-order chi connectivity index (χ0) is 12.8. The van der Waals surface area contributed by atoms with E-state index >= 15 is 0 Å². The van der Waals surface area contributed by atoms with Crippen molar-refractivity contribution in [1.82, 2.24) is 5.32 Å². The van der Waals surface area contributed by atoms with Gasteiger partial charge in [-0.2, -0.15) is 0 Å². The molecule has 1 rings (SSSR count). The average molecular weight is 235 g/mol. The van der Waals surface area contributed by atoms with Gasteiger partial charge in [-0.15, -0.1) is 0 Å². The zero-order valence-electron chi connectivity index (χ0n) is 9.72. The van der Waals surface area contributed by atoms with Crippen LogP contribution >= 0.6 is 0 Å². The molecule has 0 radical (unpaired) electrons. The number of primary amides is 1. The number of carbonyl (C=O) groups excluding carboxylic acids is 2. The highest BCUT2D eigenvalue weighted by molar-refractivity contribution is 5.88. The quantitative estimate of drug-likeness (QED) is 0.644. The summed E-state index contributed by atoms with van der Waals surface area (Å²) in [6.07, 6.45) is 0.429. The molecular formula is C12H17N3O2. The van der Waals surface area contributed by atoms with E-state index < -0.39 is 18.0 Å². The molecule has 0 aliphatic rings. The highest BCUT2D eigenvalue weighted by atomic mass is 16.2. The van der Waals surface area contributed by atoms with E-state index in [0.717, 1.165) is 5.56 Å². The lowest BCUT2D eigenvalue weighted by Crippen LogP contribution is -2.49. The summed E-state index contributed by atoms with van der Waals surface area (Å²) in [7, 11) is 0. The van der Waals surface area contributed by atoms with E-state index in [1.807, 2.05) is 30.3 Å². The highest BCUT2D eigenvalue weighted by Crippen LogP contribution is 2.02. The molecule has 0 aromatic heterocycles. The number of hydrogen-bond acceptors (Lipinski definition) is 3. The van der Waals surface area contributed by atoms with Crippen LogP contribution in [0.25, 0.3) is 0 Å². The Bertz CT molecular complexity index is 392. The fourth-order valence-corrected chi connectivity index (χ4v) is 1.35. The van der Waals surface area contributed by atoms with Crippen molar-refractivity contribution in [2.75, 3.05) is 0 Å². The minimum absolute atomic E-state index is 0.375. The largest absolute Gasteiger partial charge is 0.368 e. The van der Waals surface area contributed by atoms with Gasteiger partial charge in [0.2, 0.25) is 11.8 Å². The minimum Gasteiger partial charge on any atom is -0.368 e. The smallest absolute Gasteiger partial charge is 0.239 e. The first-order valence-corrected chi connectivity index (χ1v) is 5.40. The second-order valence-corrected chi connectivity index (χ2v) is 3.93. The molecule has 1 aromatic carbocycles. The first-order valence-electron chi connectivity index (χ1n) is 5.40. The number of carbonyl (C=O) groups is 2. The third-order valence-corrected chi connectivity index (χ3v) is 2.42. The molecule has 2 amide bonds. The minimum atomic E-state index is -0.704. The number of hydrogen-bond donors (Lipinski definition) is 3. The summed E-state index contributed by atoms with van der Waals surface area (Å²) in [4.78, 5) is 22.4. The van der Waals surface area contributed by atoms with Gasteiger partial charge in [0, 0.05) is 0 Å². The predicted molar refractivity (Wildman–Crippen MR) is 64.9 cm³/mol. The lowest BCUT2D eigenvalue weighted by atomic mass is 10.1. The molecule has 1 aromatic rings. The average Bonchev–Trinajstić information content (AvgIpc) is 2.29. The predicted octanol–water partition coefficient (Wildman–Crippen LogP) is -0.454. The molecule has 0 fully saturated rings. The van der Waals surface area contributed by atoms with Crippen molar-refractivity contribution in [2.24, 2.45) is 11.5 Å². The van der Waals surface area contributed by atoms with Gasteiger partial charge >= 0.3 is 0 Å². The van der Waals surface area contributed by atoms with Crippen molar-refractivity contribution in [1.29, 1.82) is 0 Å². The summed E-state index contributed by atoms with van der Waals surface area (Å²) in [5.74, 6) is -0.953. The fourth-order valence-electron chi connectivity index (χ4n) is 1.35. The summed E-state index contributed by atoms with van der Waals surface area (Å²) in [5, 5.41) is 2.46. The Labute approximate surface area is 100 Å². The molecular weight excluding hydrogens is 218 g/mol. The normalized spacial score (nSPS) is 13.8. The van der Waals surface area contributed by atoms with Crippen LogP contribution in [0.5, 0.6) is 0 Å². The van der Waals surface area contributed by atoms with E-state index in [1.54, 1.807) is 0 Å². The molecule has 5 heteroatoms. The van der Waals surface area contributed by atoms with Crippen LogP contribution in [0.3, 0.4) is 0 Å². The Hall–Kier alpha value is -1.88. The van der Waals surface area contributed by atoms with Crippen LogP contribution in [0.4, 0.5) is 0 Å². The summed E-state index contributed by atoms with van der Waals surface area (Å²) in [6.45, 7) is 1.52. The number of nitrogens with one attached hydrogen (secondary N) is 1. The Kier molecular flexibility index (Phi) is 4.66. The second kappa shape index (κ2) is 6.00. The van der Waals surface area contributed by atoms with E-state index in [9.17, 15) is 9.59 Å². The van der Waals surface area contributed by atoms with Gasteiger partial charge < -0.3 is 16.8 Å². The third-order valence-electron chi connectivity index (χ3n) is 2.42. The van der Waals surface area contributed by atoms with Crippen molar-refractivity contribution >= 4 is 11.8 Å². The lowest BCUT2D eigenvalue weighted by Gasteiger charge is -2.15. The van der Waals surface area contributed by atoms with Crippen molar-refractivity contribution in [3.05, 3.63) is 35.9 Å². The lowest BCUT2D eigenvalue weighted by molar-refractivity contribution is -0.127. The van der Waals surface area contributed by atoms with Crippen LogP contribution in [0.2, 0.25) is 0 Å². The van der Waals surface area contributed by atoms with Crippen LogP contribution in [0.1, 0.15) is 12.5 Å². The molecule has 0 aliphatic heterocycles. The third kappa shape index (κ3) is 4.24. The molecule has 0 heterocycles. The monoisotopic (exact) mass is 235 g/mol. The van der Waals surface area contributed by atoms with Gasteiger partial charge in [0.25, 0.3) is 0 Å². The number of rotatable bonds is 5. The maximum absolute atomic E-state index is 11.6. The Morgan fingerprint density at radius 1 is 1.29 bits per heavy atom. The van der Waals surface area contributed by atoms with E-state index in [-0.39, 0.29) is 5.91 Å². The first kappa shape index (κ1) is 13.2. The van der Waals surface area contributed by atoms with Crippen molar-refractivity contribution in [2.45, 2.75) is 25.4 Å². The fraction of sp³-hybridized carbons (Fsp3) is 0.333. The summed E-state index contributed by atoms with van der Waals surface area (Å²) in [6, 6.07) is 8.06. The van der Waals surface area contributed by atoms with Gasteiger partial charge in [-0.3, -0.25) is 9.59 Å². The summed E-state index contributed by atoms with van der Waals surface area (Å²) < 4.78 is 0. The molecule has 0 aliphatic carbocycles. The van der Waals surface area contributed by atoms with Gasteiger partial charge in [0.05, 0.1) is 6.04 Å². The summed E-state index contributed by atoms with van der Waals surface area (Å²) in [5.41, 5.74) is 11.7. The number of nitrogens with two attached hydrogens (primary N) is 2. The molecule has 2 atom stereocenters. The maximum atomic E-state index is 11.6. The Morgan fingerprint density at radius 3 is 2.41 bits per heavy atom. The van der Waals surface area contributed by atoms with Gasteiger partial charge in [0.15, 0.2) is 0 Å². The maximum Gasteiger partial charge on any atom is 0.239 e. The van der Waals surface area contributed by atoms with Crippen LogP contribution in [0.15, 0.2) is 30.3 Å². The van der Waals surface area contributed by atoms with Crippen molar-refractivity contribution < 1.29 is 9.59 Å². The van der Waals surface area contributed by atoms with Crippen molar-refractivity contribution in [3.8, 4) is 0 Å². The van der Waals surface area contributed by atoms with E-state index in [2.05, 4.69) is 5.32 Å². The topological polar surface area (TPSA) is 98.2 Å². The molecule has 5 nitrogen and oxygen atoms in total. The van der Waals surface area contributed by atoms with E-state index in [4.69, 9.17) is 11.5 Å². The zero-order valence-corrected chi connectivity index (χ0v) is 9.72. The second-order valence-electron chi connectivity index (χ2n) is 3.93. The SMILES string of the molecule is C[C@H](NC(=O)C(N)Cc1ccccc1)C(N)=O. The number of amides is 2. The molecule has 0 saturated heterocycles. The van der Waals surface area contributed by atoms with Gasteiger partial charge in [-0.1, -0.05) is 30.3 Å². The molecule has 0 bridgehead atoms. The molecule has 92 valence electrons. The van der Waals surface area contributed by atoms with Crippen molar-refractivity contribution in [3.63, 3.8) is 0 Å². The van der Waals surface area contributed by atoms with Crippen LogP contribution < -0.4 is 16.8 Å². The Balaban J connectivity index is 2.50. The van der Waals surface area contributed by atoms with Crippen LogP contribution in [-0.4, -0.2) is 23.9 Å². The van der Waals surface area contributed by atoms with Gasteiger partial charge in [0.1, 0.15) is 6.04 Å². The van der Waals surface area contributed by atoms with E-state index in [0.29, 0.717) is 6.42 Å². The highest BCUT2D eigenvalue weighted by Gasteiger charge is 2.18. The van der Waals surface area contributed by atoms with Crippen LogP contribution in [-0.2, 0) is 16.0 Å². The first-order chi connectivity index (χ1) is 8.00. The summed E-state index contributed by atoms with van der Waals surface area (Å²) >= 11 is 0. The molecule has 17 heavy (non-hydrogen) atoms. The molecule has 0 saturated carbocycles.